The van der Waals surface area contributed by atoms with Crippen molar-refractivity contribution in [1.29, 1.82) is 0 Å². The lowest BCUT2D eigenvalue weighted by Gasteiger charge is -2.07. The van der Waals surface area contributed by atoms with Gasteiger partial charge in [-0.15, -0.1) is 11.3 Å². The van der Waals surface area contributed by atoms with Gasteiger partial charge in [-0.2, -0.15) is 0 Å². The van der Waals surface area contributed by atoms with E-state index in [0.29, 0.717) is 23.6 Å². The minimum absolute atomic E-state index is 0.261. The number of benzene rings is 2. The van der Waals surface area contributed by atoms with Crippen LogP contribution in [0.25, 0.3) is 0 Å². The molecule has 24 heavy (non-hydrogen) atoms. The summed E-state index contributed by atoms with van der Waals surface area (Å²) in [5.41, 5.74) is 1.92. The third-order valence-corrected chi connectivity index (χ3v) is 4.09. The maximum Gasteiger partial charge on any atom is 0.255 e. The SMILES string of the molecule is Cc1nc(COc2ccc(C(=O)Nc3ccc(F)cc3)cc2)cs1. The second-order valence-corrected chi connectivity index (χ2v) is 6.19. The van der Waals surface area contributed by atoms with E-state index < -0.39 is 0 Å². The Hall–Kier alpha value is -2.73. The number of aromatic nitrogens is 1. The average Bonchev–Trinajstić information content (AvgIpc) is 3.01. The van der Waals surface area contributed by atoms with Crippen molar-refractivity contribution in [3.63, 3.8) is 0 Å². The number of halogens is 1. The Morgan fingerprint density at radius 1 is 1.17 bits per heavy atom. The fourth-order valence-electron chi connectivity index (χ4n) is 2.07. The third kappa shape index (κ3) is 4.17. The van der Waals surface area contributed by atoms with Crippen LogP contribution < -0.4 is 10.1 Å². The van der Waals surface area contributed by atoms with Gasteiger partial charge in [0.25, 0.3) is 5.91 Å². The predicted octanol–water partition coefficient (Wildman–Crippen LogP) is 4.42. The number of aryl methyl sites for hydroxylation is 1. The number of nitrogens with zero attached hydrogens (tertiary/aromatic N) is 1. The first-order valence-electron chi connectivity index (χ1n) is 7.31. The Labute approximate surface area is 142 Å². The zero-order valence-corrected chi connectivity index (χ0v) is 13.8. The fourth-order valence-corrected chi connectivity index (χ4v) is 2.67. The van der Waals surface area contributed by atoms with E-state index in [1.54, 1.807) is 35.6 Å². The van der Waals surface area contributed by atoms with Gasteiger partial charge in [-0.1, -0.05) is 0 Å². The first-order valence-corrected chi connectivity index (χ1v) is 8.19. The number of hydrogen-bond donors (Lipinski definition) is 1. The maximum absolute atomic E-state index is 12.9. The van der Waals surface area contributed by atoms with Gasteiger partial charge in [0.05, 0.1) is 10.7 Å². The Morgan fingerprint density at radius 3 is 2.50 bits per heavy atom. The van der Waals surface area contributed by atoms with Gasteiger partial charge in [0.2, 0.25) is 0 Å². The highest BCUT2D eigenvalue weighted by Gasteiger charge is 2.07. The van der Waals surface area contributed by atoms with Crippen LogP contribution in [0.2, 0.25) is 0 Å². The molecule has 0 atom stereocenters. The van der Waals surface area contributed by atoms with Crippen molar-refractivity contribution in [2.24, 2.45) is 0 Å². The molecule has 0 spiro atoms. The lowest BCUT2D eigenvalue weighted by atomic mass is 10.2. The highest BCUT2D eigenvalue weighted by atomic mass is 32.1. The first-order chi connectivity index (χ1) is 11.6. The van der Waals surface area contributed by atoms with E-state index >= 15 is 0 Å². The van der Waals surface area contributed by atoms with Crippen molar-refractivity contribution in [1.82, 2.24) is 4.98 Å². The minimum Gasteiger partial charge on any atom is -0.487 e. The molecule has 0 radical (unpaired) electrons. The molecule has 6 heteroatoms. The lowest BCUT2D eigenvalue weighted by Crippen LogP contribution is -2.11. The summed E-state index contributed by atoms with van der Waals surface area (Å²) in [7, 11) is 0. The zero-order chi connectivity index (χ0) is 16.9. The molecule has 0 aliphatic rings. The second kappa shape index (κ2) is 7.23. The smallest absolute Gasteiger partial charge is 0.255 e. The molecule has 0 fully saturated rings. The van der Waals surface area contributed by atoms with E-state index in [4.69, 9.17) is 4.74 Å². The molecule has 0 unspecified atom stereocenters. The number of amides is 1. The van der Waals surface area contributed by atoms with Crippen LogP contribution in [0.1, 0.15) is 21.1 Å². The van der Waals surface area contributed by atoms with Gasteiger partial charge in [-0.05, 0) is 55.5 Å². The largest absolute Gasteiger partial charge is 0.487 e. The van der Waals surface area contributed by atoms with Gasteiger partial charge in [-0.25, -0.2) is 9.37 Å². The van der Waals surface area contributed by atoms with E-state index in [1.807, 2.05) is 12.3 Å². The summed E-state index contributed by atoms with van der Waals surface area (Å²) in [5.74, 6) is 0.0621. The number of hydrogen-bond acceptors (Lipinski definition) is 4. The molecule has 4 nitrogen and oxygen atoms in total. The quantitative estimate of drug-likeness (QED) is 0.747. The number of ether oxygens (including phenoxy) is 1. The van der Waals surface area contributed by atoms with Gasteiger partial charge in [0.1, 0.15) is 18.2 Å². The topological polar surface area (TPSA) is 51.2 Å². The Bertz CT molecular complexity index is 829. The summed E-state index contributed by atoms with van der Waals surface area (Å²) in [5, 5.41) is 5.67. The number of carbonyl (C=O) groups excluding carboxylic acids is 1. The fraction of sp³-hybridized carbons (Fsp3) is 0.111. The van der Waals surface area contributed by atoms with E-state index in [1.165, 1.54) is 24.3 Å². The molecule has 0 saturated carbocycles. The van der Waals surface area contributed by atoms with Gasteiger partial charge < -0.3 is 10.1 Å². The van der Waals surface area contributed by atoms with Gasteiger partial charge in [0.15, 0.2) is 0 Å². The molecule has 3 rings (SSSR count). The lowest BCUT2D eigenvalue weighted by molar-refractivity contribution is 0.102. The van der Waals surface area contributed by atoms with Crippen LogP contribution >= 0.6 is 11.3 Å². The predicted molar refractivity (Wildman–Crippen MR) is 92.0 cm³/mol. The zero-order valence-electron chi connectivity index (χ0n) is 13.0. The molecule has 1 N–H and O–H groups in total. The molecule has 2 aromatic carbocycles. The third-order valence-electron chi connectivity index (χ3n) is 3.27. The van der Waals surface area contributed by atoms with Gasteiger partial charge >= 0.3 is 0 Å². The van der Waals surface area contributed by atoms with E-state index in [0.717, 1.165) is 10.7 Å². The summed E-state index contributed by atoms with van der Waals surface area (Å²) < 4.78 is 18.5. The summed E-state index contributed by atoms with van der Waals surface area (Å²) >= 11 is 1.58. The molecular weight excluding hydrogens is 327 g/mol. The number of rotatable bonds is 5. The Morgan fingerprint density at radius 2 is 1.88 bits per heavy atom. The summed E-state index contributed by atoms with van der Waals surface area (Å²) in [6.45, 7) is 2.34. The number of nitrogens with one attached hydrogen (secondary N) is 1. The molecule has 0 aliphatic heterocycles. The molecule has 0 aliphatic carbocycles. The van der Waals surface area contributed by atoms with Crippen LogP contribution in [0, 0.1) is 12.7 Å². The number of carbonyl (C=O) groups is 1. The van der Waals surface area contributed by atoms with Gasteiger partial charge in [0, 0.05) is 16.6 Å². The molecule has 1 amide bonds. The molecule has 0 saturated heterocycles. The average molecular weight is 342 g/mol. The number of thiazole rings is 1. The monoisotopic (exact) mass is 342 g/mol. The highest BCUT2D eigenvalue weighted by Crippen LogP contribution is 2.17. The van der Waals surface area contributed by atoms with E-state index in [9.17, 15) is 9.18 Å². The van der Waals surface area contributed by atoms with Crippen LogP contribution in [-0.4, -0.2) is 10.9 Å². The first kappa shape index (κ1) is 16.1. The molecule has 1 heterocycles. The van der Waals surface area contributed by atoms with Crippen molar-refractivity contribution in [3.05, 3.63) is 76.0 Å². The van der Waals surface area contributed by atoms with Crippen molar-refractivity contribution in [2.45, 2.75) is 13.5 Å². The van der Waals surface area contributed by atoms with Crippen molar-refractivity contribution in [3.8, 4) is 5.75 Å². The van der Waals surface area contributed by atoms with Crippen LogP contribution in [-0.2, 0) is 6.61 Å². The highest BCUT2D eigenvalue weighted by molar-refractivity contribution is 7.09. The van der Waals surface area contributed by atoms with E-state index in [2.05, 4.69) is 10.3 Å². The minimum atomic E-state index is -0.343. The van der Waals surface area contributed by atoms with Crippen LogP contribution in [0.5, 0.6) is 5.75 Å². The van der Waals surface area contributed by atoms with Crippen molar-refractivity contribution in [2.75, 3.05) is 5.32 Å². The van der Waals surface area contributed by atoms with Gasteiger partial charge in [-0.3, -0.25) is 4.79 Å². The van der Waals surface area contributed by atoms with Crippen LogP contribution in [0.4, 0.5) is 10.1 Å². The van der Waals surface area contributed by atoms with Crippen molar-refractivity contribution < 1.29 is 13.9 Å². The van der Waals surface area contributed by atoms with E-state index in [-0.39, 0.29) is 11.7 Å². The van der Waals surface area contributed by atoms with Crippen LogP contribution in [0.3, 0.4) is 0 Å². The molecule has 0 bridgehead atoms. The van der Waals surface area contributed by atoms with Crippen molar-refractivity contribution >= 4 is 22.9 Å². The molecule has 122 valence electrons. The summed E-state index contributed by atoms with van der Waals surface area (Å²) in [6.07, 6.45) is 0. The maximum atomic E-state index is 12.9. The Kier molecular flexibility index (Phi) is 4.86. The Balaban J connectivity index is 1.59. The standard InChI is InChI=1S/C18H15FN2O2S/c1-12-20-16(11-24-12)10-23-17-8-2-13(3-9-17)18(22)21-15-6-4-14(19)5-7-15/h2-9,11H,10H2,1H3,(H,21,22). The molecular formula is C18H15FN2O2S. The number of anilines is 1. The molecule has 1 aromatic heterocycles. The second-order valence-electron chi connectivity index (χ2n) is 5.13. The summed E-state index contributed by atoms with van der Waals surface area (Å²) in [6, 6.07) is 12.5. The molecule has 3 aromatic rings. The normalized spacial score (nSPS) is 10.4. The summed E-state index contributed by atoms with van der Waals surface area (Å²) in [4.78, 5) is 16.5. The van der Waals surface area contributed by atoms with Crippen LogP contribution in [0.15, 0.2) is 53.9 Å².